The lowest BCUT2D eigenvalue weighted by atomic mass is 9.95. The van der Waals surface area contributed by atoms with Crippen LogP contribution >= 0.6 is 11.3 Å². The molecule has 3 N–H and O–H groups in total. The average Bonchev–Trinajstić information content (AvgIpc) is 3.62. The van der Waals surface area contributed by atoms with Gasteiger partial charge in [-0.2, -0.15) is 16.4 Å². The Morgan fingerprint density at radius 3 is 2.61 bits per heavy atom. The van der Waals surface area contributed by atoms with Crippen molar-refractivity contribution < 1.29 is 4.79 Å². The fourth-order valence-corrected chi connectivity index (χ4v) is 4.70. The predicted octanol–water partition coefficient (Wildman–Crippen LogP) is 6.28. The zero-order valence-corrected chi connectivity index (χ0v) is 20.8. The Hall–Kier alpha value is -4.37. The van der Waals surface area contributed by atoms with E-state index in [4.69, 9.17) is 0 Å². The van der Waals surface area contributed by atoms with Gasteiger partial charge in [-0.15, -0.1) is 0 Å². The third-order valence-electron chi connectivity index (χ3n) is 6.02. The number of amides is 1. The van der Waals surface area contributed by atoms with E-state index in [0.717, 1.165) is 55.7 Å². The van der Waals surface area contributed by atoms with Gasteiger partial charge in [0.25, 0.3) is 0 Å². The third kappa shape index (κ3) is 3.93. The van der Waals surface area contributed by atoms with Crippen molar-refractivity contribution in [1.29, 1.82) is 0 Å². The van der Waals surface area contributed by atoms with Crippen LogP contribution in [0.2, 0.25) is 0 Å². The Morgan fingerprint density at radius 1 is 0.944 bits per heavy atom. The van der Waals surface area contributed by atoms with Crippen molar-refractivity contribution in [2.24, 2.45) is 5.41 Å². The molecule has 8 nitrogen and oxygen atoms in total. The van der Waals surface area contributed by atoms with Crippen molar-refractivity contribution in [3.05, 3.63) is 65.9 Å². The van der Waals surface area contributed by atoms with Gasteiger partial charge in [0.2, 0.25) is 5.91 Å². The van der Waals surface area contributed by atoms with Crippen LogP contribution in [-0.4, -0.2) is 36.0 Å². The second kappa shape index (κ2) is 8.39. The maximum Gasteiger partial charge on any atom is 0.229 e. The van der Waals surface area contributed by atoms with Crippen LogP contribution in [0.4, 0.5) is 5.69 Å². The van der Waals surface area contributed by atoms with Gasteiger partial charge in [0, 0.05) is 50.6 Å². The van der Waals surface area contributed by atoms with Crippen molar-refractivity contribution in [3.8, 4) is 33.9 Å². The highest BCUT2D eigenvalue weighted by molar-refractivity contribution is 7.08. The first-order valence-electron chi connectivity index (χ1n) is 11.5. The molecule has 6 aromatic heterocycles. The number of hydrogen-bond acceptors (Lipinski definition) is 6. The minimum atomic E-state index is -0.503. The smallest absolute Gasteiger partial charge is 0.229 e. The fourth-order valence-electron chi connectivity index (χ4n) is 4.06. The summed E-state index contributed by atoms with van der Waals surface area (Å²) in [6.07, 6.45) is 6.96. The SMILES string of the molecule is CC(C)(C)C(=O)Nc1cncc(-c2cc3c(-c4cc5c(-c6ccsc6)nccc5[nH]4)n[nH]c3cn2)c1. The van der Waals surface area contributed by atoms with E-state index in [1.165, 1.54) is 0 Å². The predicted molar refractivity (Wildman–Crippen MR) is 144 cm³/mol. The number of nitrogens with one attached hydrogen (secondary N) is 3. The molecular weight excluding hydrogens is 470 g/mol. The number of anilines is 1. The summed E-state index contributed by atoms with van der Waals surface area (Å²) in [4.78, 5) is 29.5. The molecule has 0 aliphatic heterocycles. The number of pyridine rings is 3. The molecule has 6 heterocycles. The highest BCUT2D eigenvalue weighted by Crippen LogP contribution is 2.34. The van der Waals surface area contributed by atoms with E-state index in [1.807, 2.05) is 45.2 Å². The molecule has 0 unspecified atom stereocenters. The Bertz CT molecular complexity index is 1720. The number of nitrogens with zero attached hydrogens (tertiary/aromatic N) is 4. The van der Waals surface area contributed by atoms with Gasteiger partial charge in [-0.3, -0.25) is 24.8 Å². The normalized spacial score (nSPS) is 11.9. The lowest BCUT2D eigenvalue weighted by Crippen LogP contribution is -2.27. The standard InChI is InChI=1S/C27H23N7OS/c1-27(2,3)26(35)31-17-8-16(11-28-12-17)21-9-19-23(13-30-21)33-34-25(19)22-10-18-20(32-22)4-6-29-24(18)15-5-7-36-14-15/h4-14,32H,1-3H3,(H,31,35)(H,33,34). The van der Waals surface area contributed by atoms with E-state index in [0.29, 0.717) is 5.69 Å². The number of aromatic amines is 2. The van der Waals surface area contributed by atoms with E-state index in [9.17, 15) is 4.79 Å². The lowest BCUT2D eigenvalue weighted by Gasteiger charge is -2.17. The van der Waals surface area contributed by atoms with Crippen molar-refractivity contribution >= 4 is 44.7 Å². The number of fused-ring (bicyclic) bond motifs is 2. The molecule has 6 rings (SSSR count). The van der Waals surface area contributed by atoms with Crippen LogP contribution < -0.4 is 5.32 Å². The molecular formula is C27H23N7OS. The minimum absolute atomic E-state index is 0.0721. The largest absolute Gasteiger partial charge is 0.353 e. The van der Waals surface area contributed by atoms with Crippen molar-refractivity contribution in [1.82, 2.24) is 30.1 Å². The summed E-state index contributed by atoms with van der Waals surface area (Å²) in [6.45, 7) is 5.62. The average molecular weight is 494 g/mol. The van der Waals surface area contributed by atoms with Crippen molar-refractivity contribution in [3.63, 3.8) is 0 Å². The van der Waals surface area contributed by atoms with Gasteiger partial charge in [0.1, 0.15) is 5.69 Å². The van der Waals surface area contributed by atoms with Gasteiger partial charge in [0.05, 0.1) is 40.7 Å². The molecule has 36 heavy (non-hydrogen) atoms. The molecule has 6 aromatic rings. The number of carbonyl (C=O) groups excluding carboxylic acids is 1. The van der Waals surface area contributed by atoms with Crippen LogP contribution in [0.3, 0.4) is 0 Å². The molecule has 0 spiro atoms. The van der Waals surface area contributed by atoms with Gasteiger partial charge in [-0.05, 0) is 35.7 Å². The Kier molecular flexibility index (Phi) is 5.15. The first kappa shape index (κ1) is 22.1. The Labute approximate surface area is 210 Å². The number of aromatic nitrogens is 6. The van der Waals surface area contributed by atoms with Crippen LogP contribution in [0.15, 0.2) is 65.9 Å². The Balaban J connectivity index is 1.40. The minimum Gasteiger partial charge on any atom is -0.353 e. The molecule has 0 aliphatic rings. The van der Waals surface area contributed by atoms with Crippen LogP contribution in [0.25, 0.3) is 55.7 Å². The number of thiophene rings is 1. The van der Waals surface area contributed by atoms with Crippen LogP contribution in [0.5, 0.6) is 0 Å². The highest BCUT2D eigenvalue weighted by atomic mass is 32.1. The summed E-state index contributed by atoms with van der Waals surface area (Å²) in [7, 11) is 0. The Morgan fingerprint density at radius 2 is 1.81 bits per heavy atom. The molecule has 9 heteroatoms. The van der Waals surface area contributed by atoms with Gasteiger partial charge < -0.3 is 10.3 Å². The first-order chi connectivity index (χ1) is 17.4. The van der Waals surface area contributed by atoms with E-state index in [-0.39, 0.29) is 5.91 Å². The van der Waals surface area contributed by atoms with E-state index >= 15 is 0 Å². The van der Waals surface area contributed by atoms with Gasteiger partial charge in [0.15, 0.2) is 0 Å². The monoisotopic (exact) mass is 493 g/mol. The molecule has 0 bridgehead atoms. The molecule has 0 saturated carbocycles. The first-order valence-corrected chi connectivity index (χ1v) is 12.4. The summed E-state index contributed by atoms with van der Waals surface area (Å²) in [5.74, 6) is -0.0721. The van der Waals surface area contributed by atoms with E-state index in [2.05, 4.69) is 58.3 Å². The third-order valence-corrected chi connectivity index (χ3v) is 6.70. The summed E-state index contributed by atoms with van der Waals surface area (Å²) in [6, 6.07) is 10.0. The number of hydrogen-bond donors (Lipinski definition) is 3. The molecule has 178 valence electrons. The number of rotatable bonds is 4. The topological polar surface area (TPSA) is 112 Å². The van der Waals surface area contributed by atoms with Gasteiger partial charge >= 0.3 is 0 Å². The molecule has 1 amide bonds. The molecule has 0 aliphatic carbocycles. The second-order valence-corrected chi connectivity index (χ2v) is 10.4. The molecule has 0 aromatic carbocycles. The van der Waals surface area contributed by atoms with Crippen LogP contribution in [-0.2, 0) is 4.79 Å². The van der Waals surface area contributed by atoms with E-state index in [1.54, 1.807) is 29.9 Å². The number of carbonyl (C=O) groups is 1. The maximum absolute atomic E-state index is 12.4. The maximum atomic E-state index is 12.4. The molecule has 0 fully saturated rings. The van der Waals surface area contributed by atoms with Crippen molar-refractivity contribution in [2.45, 2.75) is 20.8 Å². The molecule has 0 radical (unpaired) electrons. The second-order valence-electron chi connectivity index (χ2n) is 9.67. The zero-order chi connectivity index (χ0) is 24.9. The van der Waals surface area contributed by atoms with Gasteiger partial charge in [-0.1, -0.05) is 20.8 Å². The highest BCUT2D eigenvalue weighted by Gasteiger charge is 2.21. The van der Waals surface area contributed by atoms with E-state index < -0.39 is 5.41 Å². The number of H-pyrrole nitrogens is 2. The summed E-state index contributed by atoms with van der Waals surface area (Å²) in [5.41, 5.74) is 7.22. The van der Waals surface area contributed by atoms with Crippen molar-refractivity contribution in [2.75, 3.05) is 5.32 Å². The van der Waals surface area contributed by atoms with Gasteiger partial charge in [-0.25, -0.2) is 0 Å². The summed E-state index contributed by atoms with van der Waals surface area (Å²) < 4.78 is 0. The molecule has 0 saturated heterocycles. The summed E-state index contributed by atoms with van der Waals surface area (Å²) in [5, 5.41) is 16.7. The van der Waals surface area contributed by atoms with Crippen LogP contribution in [0.1, 0.15) is 20.8 Å². The summed E-state index contributed by atoms with van der Waals surface area (Å²) >= 11 is 1.65. The fraction of sp³-hybridized carbons (Fsp3) is 0.148. The quantitative estimate of drug-likeness (QED) is 0.268. The lowest BCUT2D eigenvalue weighted by molar-refractivity contribution is -0.123. The van der Waals surface area contributed by atoms with Crippen LogP contribution in [0, 0.1) is 5.41 Å². The molecule has 0 atom stereocenters. The zero-order valence-electron chi connectivity index (χ0n) is 20.0.